The maximum absolute atomic E-state index is 8.76. The van der Waals surface area contributed by atoms with E-state index in [2.05, 4.69) is 31.9 Å². The van der Waals surface area contributed by atoms with E-state index in [1.807, 2.05) is 0 Å². The lowest BCUT2D eigenvalue weighted by Gasteiger charge is -2.28. The van der Waals surface area contributed by atoms with Crippen molar-refractivity contribution in [3.8, 4) is 6.07 Å². The minimum absolute atomic E-state index is 0.370. The maximum Gasteiger partial charge on any atom is 0.102 e. The molecule has 0 aromatic carbocycles. The Bertz CT molecular complexity index is 181. The molecule has 0 aliphatic rings. The Labute approximate surface area is 81.5 Å². The molecule has 2 unspecified atom stereocenters. The molecule has 2 N–H and O–H groups in total. The highest BCUT2D eigenvalue weighted by atomic mass is 15.1. The molecule has 0 aromatic heterocycles. The molecule has 0 rings (SSSR count). The number of nitrogens with zero attached hydrogens (tertiary/aromatic N) is 2. The summed E-state index contributed by atoms with van der Waals surface area (Å²) in [7, 11) is 2.07. The summed E-state index contributed by atoms with van der Waals surface area (Å²) in [5, 5.41) is 8.76. The molecule has 0 heterocycles. The first-order chi connectivity index (χ1) is 5.93. The average Bonchev–Trinajstić information content (AvgIpc) is 2.04. The van der Waals surface area contributed by atoms with Gasteiger partial charge in [-0.15, -0.1) is 0 Å². The van der Waals surface area contributed by atoms with Gasteiger partial charge in [0, 0.05) is 6.04 Å². The molecule has 0 saturated heterocycles. The Balaban J connectivity index is 4.00. The SMILES string of the molecule is CCCN(C)C(C)CC(C)(N)C#N. The number of hydrogen-bond acceptors (Lipinski definition) is 3. The fourth-order valence-electron chi connectivity index (χ4n) is 1.39. The zero-order valence-electron chi connectivity index (χ0n) is 9.17. The fourth-order valence-corrected chi connectivity index (χ4v) is 1.39. The smallest absolute Gasteiger partial charge is 0.102 e. The van der Waals surface area contributed by atoms with E-state index in [4.69, 9.17) is 11.0 Å². The molecule has 76 valence electrons. The molecule has 0 aliphatic carbocycles. The van der Waals surface area contributed by atoms with Crippen LogP contribution in [0.1, 0.15) is 33.6 Å². The van der Waals surface area contributed by atoms with Crippen molar-refractivity contribution >= 4 is 0 Å². The van der Waals surface area contributed by atoms with Gasteiger partial charge in [0.2, 0.25) is 0 Å². The van der Waals surface area contributed by atoms with Gasteiger partial charge in [0.1, 0.15) is 5.54 Å². The minimum atomic E-state index is -0.693. The third-order valence-electron chi connectivity index (χ3n) is 2.30. The second-order valence-corrected chi connectivity index (χ2v) is 4.06. The van der Waals surface area contributed by atoms with Gasteiger partial charge in [0.15, 0.2) is 0 Å². The molecule has 0 radical (unpaired) electrons. The van der Waals surface area contributed by atoms with Gasteiger partial charge in [-0.25, -0.2) is 0 Å². The van der Waals surface area contributed by atoms with Crippen molar-refractivity contribution in [3.63, 3.8) is 0 Å². The highest BCUT2D eigenvalue weighted by Crippen LogP contribution is 2.11. The second-order valence-electron chi connectivity index (χ2n) is 4.06. The Morgan fingerprint density at radius 1 is 1.62 bits per heavy atom. The van der Waals surface area contributed by atoms with Gasteiger partial charge in [-0.3, -0.25) is 0 Å². The number of nitrogens with two attached hydrogens (primary N) is 1. The van der Waals surface area contributed by atoms with Crippen LogP contribution >= 0.6 is 0 Å². The molecule has 0 amide bonds. The van der Waals surface area contributed by atoms with Crippen LogP contribution in [0.25, 0.3) is 0 Å². The van der Waals surface area contributed by atoms with Gasteiger partial charge >= 0.3 is 0 Å². The molecule has 3 nitrogen and oxygen atoms in total. The van der Waals surface area contributed by atoms with Crippen LogP contribution in [0.15, 0.2) is 0 Å². The van der Waals surface area contributed by atoms with Gasteiger partial charge in [-0.2, -0.15) is 5.26 Å². The molecule has 0 fully saturated rings. The van der Waals surface area contributed by atoms with Crippen LogP contribution < -0.4 is 5.73 Å². The van der Waals surface area contributed by atoms with E-state index < -0.39 is 5.54 Å². The van der Waals surface area contributed by atoms with Crippen molar-refractivity contribution < 1.29 is 0 Å². The van der Waals surface area contributed by atoms with Crippen LogP contribution in [0, 0.1) is 11.3 Å². The lowest BCUT2D eigenvalue weighted by Crippen LogP contribution is -2.42. The molecule has 2 atom stereocenters. The molecule has 3 heteroatoms. The first kappa shape index (κ1) is 12.4. The zero-order chi connectivity index (χ0) is 10.5. The summed E-state index contributed by atoms with van der Waals surface area (Å²) in [5.41, 5.74) is 5.07. The van der Waals surface area contributed by atoms with Gasteiger partial charge in [0.05, 0.1) is 6.07 Å². The monoisotopic (exact) mass is 183 g/mol. The summed E-state index contributed by atoms with van der Waals surface area (Å²) in [4.78, 5) is 2.24. The van der Waals surface area contributed by atoms with E-state index >= 15 is 0 Å². The van der Waals surface area contributed by atoms with Crippen LogP contribution in [0.2, 0.25) is 0 Å². The van der Waals surface area contributed by atoms with Crippen molar-refractivity contribution in [2.24, 2.45) is 5.73 Å². The maximum atomic E-state index is 8.76. The van der Waals surface area contributed by atoms with Crippen molar-refractivity contribution in [3.05, 3.63) is 0 Å². The standard InChI is InChI=1S/C10H21N3/c1-5-6-13(4)9(2)7-10(3,12)8-11/h9H,5-7,12H2,1-4H3. The van der Waals surface area contributed by atoms with E-state index in [0.717, 1.165) is 19.4 Å². The molecular formula is C10H21N3. The lowest BCUT2D eigenvalue weighted by molar-refractivity contribution is 0.226. The Morgan fingerprint density at radius 2 is 2.15 bits per heavy atom. The molecule has 13 heavy (non-hydrogen) atoms. The second kappa shape index (κ2) is 5.21. The molecule has 0 saturated carbocycles. The molecule has 0 bridgehead atoms. The Morgan fingerprint density at radius 3 is 2.54 bits per heavy atom. The largest absolute Gasteiger partial charge is 0.314 e. The van der Waals surface area contributed by atoms with Crippen molar-refractivity contribution in [1.82, 2.24) is 4.90 Å². The number of hydrogen-bond donors (Lipinski definition) is 1. The van der Waals surface area contributed by atoms with Crippen molar-refractivity contribution in [2.45, 2.75) is 45.2 Å². The van der Waals surface area contributed by atoms with Crippen LogP contribution in [-0.4, -0.2) is 30.1 Å². The summed E-state index contributed by atoms with van der Waals surface area (Å²) in [6.45, 7) is 7.10. The van der Waals surface area contributed by atoms with E-state index in [9.17, 15) is 0 Å². The van der Waals surface area contributed by atoms with Crippen LogP contribution in [0.3, 0.4) is 0 Å². The summed E-state index contributed by atoms with van der Waals surface area (Å²) in [6.07, 6.45) is 1.86. The highest BCUT2D eigenvalue weighted by molar-refractivity contribution is 5.02. The average molecular weight is 183 g/mol. The zero-order valence-corrected chi connectivity index (χ0v) is 9.17. The van der Waals surface area contributed by atoms with Crippen LogP contribution in [0.4, 0.5) is 0 Å². The van der Waals surface area contributed by atoms with E-state index in [-0.39, 0.29) is 0 Å². The molecule has 0 spiro atoms. The summed E-state index contributed by atoms with van der Waals surface area (Å²) >= 11 is 0. The van der Waals surface area contributed by atoms with Crippen molar-refractivity contribution in [2.75, 3.05) is 13.6 Å². The highest BCUT2D eigenvalue weighted by Gasteiger charge is 2.22. The fraction of sp³-hybridized carbons (Fsp3) is 0.900. The van der Waals surface area contributed by atoms with Gasteiger partial charge in [-0.1, -0.05) is 6.92 Å². The first-order valence-corrected chi connectivity index (χ1v) is 4.83. The molecular weight excluding hydrogens is 162 g/mol. The third kappa shape index (κ3) is 4.87. The van der Waals surface area contributed by atoms with E-state index in [1.54, 1.807) is 6.92 Å². The van der Waals surface area contributed by atoms with Gasteiger partial charge in [0.25, 0.3) is 0 Å². The summed E-state index contributed by atoms with van der Waals surface area (Å²) in [5.74, 6) is 0. The normalized spacial score (nSPS) is 17.9. The van der Waals surface area contributed by atoms with Crippen LogP contribution in [0.5, 0.6) is 0 Å². The van der Waals surface area contributed by atoms with E-state index in [0.29, 0.717) is 6.04 Å². The summed E-state index contributed by atoms with van der Waals surface area (Å²) < 4.78 is 0. The van der Waals surface area contributed by atoms with Crippen LogP contribution in [-0.2, 0) is 0 Å². The predicted octanol–water partition coefficient (Wildman–Crippen LogP) is 1.35. The molecule has 0 aliphatic heterocycles. The summed E-state index contributed by atoms with van der Waals surface area (Å²) in [6, 6.07) is 2.49. The van der Waals surface area contributed by atoms with Gasteiger partial charge < -0.3 is 10.6 Å². The topological polar surface area (TPSA) is 53.0 Å². The van der Waals surface area contributed by atoms with Crippen molar-refractivity contribution in [1.29, 1.82) is 5.26 Å². The number of nitriles is 1. The molecule has 0 aromatic rings. The Kier molecular flexibility index (Phi) is 4.97. The number of rotatable bonds is 5. The van der Waals surface area contributed by atoms with Gasteiger partial charge in [-0.05, 0) is 40.3 Å². The minimum Gasteiger partial charge on any atom is -0.314 e. The van der Waals surface area contributed by atoms with E-state index in [1.165, 1.54) is 0 Å². The predicted molar refractivity (Wildman–Crippen MR) is 55.2 cm³/mol. The Hall–Kier alpha value is -0.590. The first-order valence-electron chi connectivity index (χ1n) is 4.83. The third-order valence-corrected chi connectivity index (χ3v) is 2.30. The quantitative estimate of drug-likeness (QED) is 0.700. The lowest BCUT2D eigenvalue weighted by atomic mass is 9.96.